The summed E-state index contributed by atoms with van der Waals surface area (Å²) in [4.78, 5) is 0. The van der Waals surface area contributed by atoms with Gasteiger partial charge in [0.25, 0.3) is 0 Å². The van der Waals surface area contributed by atoms with Crippen molar-refractivity contribution in [1.82, 2.24) is 0 Å². The van der Waals surface area contributed by atoms with Crippen molar-refractivity contribution in [3.8, 4) is 0 Å². The molecule has 0 spiro atoms. The van der Waals surface area contributed by atoms with Crippen LogP contribution in [-0.2, 0) is 18.3 Å². The molecule has 0 atom stereocenters. The minimum atomic E-state index is -1.13. The molecule has 4 nitrogen and oxygen atoms in total. The van der Waals surface area contributed by atoms with E-state index in [0.29, 0.717) is 6.61 Å². The summed E-state index contributed by atoms with van der Waals surface area (Å²) in [5.74, 6) is -0.996. The fraction of sp³-hybridized carbons (Fsp3) is 1.00. The van der Waals surface area contributed by atoms with Crippen molar-refractivity contribution in [2.75, 3.05) is 6.61 Å². The maximum atomic E-state index is 6.23. The third kappa shape index (κ3) is 6.67. The zero-order valence-corrected chi connectivity index (χ0v) is 15.5. The summed E-state index contributed by atoms with van der Waals surface area (Å²) < 4.78 is 23.7. The Labute approximate surface area is 126 Å². The van der Waals surface area contributed by atoms with Crippen molar-refractivity contribution < 1.29 is 18.3 Å². The molecule has 0 amide bonds. The fourth-order valence-corrected chi connectivity index (χ4v) is 3.58. The van der Waals surface area contributed by atoms with E-state index < -0.39 is 21.6 Å². The molecule has 1 fully saturated rings. The quantitative estimate of drug-likeness (QED) is 0.534. The highest BCUT2D eigenvalue weighted by atomic mass is 28.3. The molecule has 0 aromatic carbocycles. The third-order valence-corrected chi connectivity index (χ3v) is 4.78. The van der Waals surface area contributed by atoms with Crippen LogP contribution in [0.2, 0.25) is 0 Å². The minimum absolute atomic E-state index is 0.193. The van der Waals surface area contributed by atoms with Gasteiger partial charge in [-0.05, 0) is 54.4 Å². The SMILES string of the molecule is CCOC(C)(C)O[SiH2]OC1(OC(C)(C)C)CCCCC1. The van der Waals surface area contributed by atoms with Crippen molar-refractivity contribution in [1.29, 1.82) is 0 Å². The van der Waals surface area contributed by atoms with Crippen LogP contribution in [0.4, 0.5) is 0 Å². The number of ether oxygens (including phenoxy) is 2. The second-order valence-electron chi connectivity index (χ2n) is 6.93. The fourth-order valence-electron chi connectivity index (χ4n) is 2.59. The second-order valence-corrected chi connectivity index (χ2v) is 7.74. The molecule has 5 heteroatoms. The molecule has 0 unspecified atom stereocenters. The Hall–Kier alpha value is 0.0569. The largest absolute Gasteiger partial charge is 0.370 e. The van der Waals surface area contributed by atoms with Gasteiger partial charge in [0.05, 0.1) is 5.60 Å². The van der Waals surface area contributed by atoms with Crippen molar-refractivity contribution in [2.45, 2.75) is 90.8 Å². The lowest BCUT2D eigenvalue weighted by molar-refractivity contribution is -0.261. The zero-order valence-electron chi connectivity index (χ0n) is 14.1. The molecule has 1 saturated carbocycles. The van der Waals surface area contributed by atoms with Crippen LogP contribution >= 0.6 is 0 Å². The maximum Gasteiger partial charge on any atom is 0.309 e. The first-order valence-corrected chi connectivity index (χ1v) is 8.96. The third-order valence-electron chi connectivity index (χ3n) is 3.33. The van der Waals surface area contributed by atoms with E-state index in [2.05, 4.69) is 20.8 Å². The molecule has 1 aliphatic rings. The molecular formula is C15H32O4Si. The van der Waals surface area contributed by atoms with Crippen LogP contribution in [0.25, 0.3) is 0 Å². The average molecular weight is 305 g/mol. The molecular weight excluding hydrogens is 272 g/mol. The van der Waals surface area contributed by atoms with Crippen molar-refractivity contribution in [2.24, 2.45) is 0 Å². The van der Waals surface area contributed by atoms with Crippen LogP contribution in [0.1, 0.15) is 73.6 Å². The lowest BCUT2D eigenvalue weighted by Gasteiger charge is -2.42. The summed E-state index contributed by atoms with van der Waals surface area (Å²) in [5.41, 5.74) is -0.193. The lowest BCUT2D eigenvalue weighted by atomic mass is 9.93. The topological polar surface area (TPSA) is 36.9 Å². The van der Waals surface area contributed by atoms with Gasteiger partial charge in [-0.25, -0.2) is 0 Å². The predicted molar refractivity (Wildman–Crippen MR) is 83.1 cm³/mol. The van der Waals surface area contributed by atoms with Crippen LogP contribution in [-0.4, -0.2) is 33.8 Å². The molecule has 0 aliphatic heterocycles. The van der Waals surface area contributed by atoms with E-state index in [4.69, 9.17) is 18.3 Å². The van der Waals surface area contributed by atoms with E-state index in [9.17, 15) is 0 Å². The van der Waals surface area contributed by atoms with Crippen molar-refractivity contribution >= 4 is 10.0 Å². The molecule has 0 N–H and O–H groups in total. The van der Waals surface area contributed by atoms with E-state index in [1.54, 1.807) is 0 Å². The van der Waals surface area contributed by atoms with Gasteiger partial charge in [0.2, 0.25) is 0 Å². The van der Waals surface area contributed by atoms with Gasteiger partial charge in [0.1, 0.15) is 0 Å². The molecule has 0 aromatic rings. The molecule has 20 heavy (non-hydrogen) atoms. The Morgan fingerprint density at radius 2 is 1.60 bits per heavy atom. The summed E-state index contributed by atoms with van der Waals surface area (Å²) in [5, 5.41) is 0. The first-order valence-electron chi connectivity index (χ1n) is 7.80. The van der Waals surface area contributed by atoms with E-state index in [1.165, 1.54) is 19.3 Å². The predicted octanol–water partition coefficient (Wildman–Crippen LogP) is 3.27. The number of rotatable bonds is 7. The second kappa shape index (κ2) is 7.36. The first kappa shape index (κ1) is 18.1. The van der Waals surface area contributed by atoms with Crippen LogP contribution in [0.3, 0.4) is 0 Å². The Morgan fingerprint density at radius 1 is 1.00 bits per heavy atom. The molecule has 1 rings (SSSR count). The van der Waals surface area contributed by atoms with E-state index in [0.717, 1.165) is 12.8 Å². The highest BCUT2D eigenvalue weighted by Gasteiger charge is 2.38. The maximum absolute atomic E-state index is 6.23. The van der Waals surface area contributed by atoms with E-state index in [-0.39, 0.29) is 5.60 Å². The molecule has 0 aromatic heterocycles. The summed E-state index contributed by atoms with van der Waals surface area (Å²) in [6.07, 6.45) is 5.54. The van der Waals surface area contributed by atoms with Gasteiger partial charge in [-0.3, -0.25) is 0 Å². The summed E-state index contributed by atoms with van der Waals surface area (Å²) in [7, 11) is -1.13. The van der Waals surface area contributed by atoms with Gasteiger partial charge in [-0.15, -0.1) is 0 Å². The van der Waals surface area contributed by atoms with Gasteiger partial charge < -0.3 is 18.3 Å². The molecule has 0 radical (unpaired) electrons. The smallest absolute Gasteiger partial charge is 0.309 e. The lowest BCUT2D eigenvalue weighted by Crippen LogP contribution is -2.46. The molecule has 1 aliphatic carbocycles. The Kier molecular flexibility index (Phi) is 6.66. The molecule has 0 bridgehead atoms. The van der Waals surface area contributed by atoms with Crippen LogP contribution in [0, 0.1) is 0 Å². The van der Waals surface area contributed by atoms with Gasteiger partial charge in [-0.1, -0.05) is 6.42 Å². The summed E-state index contributed by atoms with van der Waals surface area (Å²) in [6, 6.07) is 0. The van der Waals surface area contributed by atoms with Crippen LogP contribution in [0.5, 0.6) is 0 Å². The van der Waals surface area contributed by atoms with Crippen molar-refractivity contribution in [3.63, 3.8) is 0 Å². The van der Waals surface area contributed by atoms with Gasteiger partial charge in [0, 0.05) is 19.4 Å². The monoisotopic (exact) mass is 304 g/mol. The Bertz CT molecular complexity index is 280. The Balaban J connectivity index is 2.53. The highest BCUT2D eigenvalue weighted by molar-refractivity contribution is 6.18. The summed E-state index contributed by atoms with van der Waals surface area (Å²) in [6.45, 7) is 12.7. The van der Waals surface area contributed by atoms with E-state index >= 15 is 0 Å². The standard InChI is InChI=1S/C15H32O4Si/c1-7-16-14(5,6)18-20-19-15(17-13(2,3)4)11-9-8-10-12-15/h7-12,20H2,1-6H3. The number of hydrogen-bond donors (Lipinski definition) is 0. The normalized spacial score (nSPS) is 20.7. The van der Waals surface area contributed by atoms with Gasteiger partial charge in [0.15, 0.2) is 11.6 Å². The molecule has 0 saturated heterocycles. The molecule has 120 valence electrons. The highest BCUT2D eigenvalue weighted by Crippen LogP contribution is 2.36. The van der Waals surface area contributed by atoms with Gasteiger partial charge >= 0.3 is 10.0 Å². The van der Waals surface area contributed by atoms with Crippen molar-refractivity contribution in [3.05, 3.63) is 0 Å². The minimum Gasteiger partial charge on any atom is -0.370 e. The average Bonchev–Trinajstić information content (AvgIpc) is 2.27. The Morgan fingerprint density at radius 3 is 2.10 bits per heavy atom. The first-order chi connectivity index (χ1) is 9.18. The molecule has 0 heterocycles. The summed E-state index contributed by atoms with van der Waals surface area (Å²) >= 11 is 0. The van der Waals surface area contributed by atoms with Crippen LogP contribution < -0.4 is 0 Å². The van der Waals surface area contributed by atoms with Gasteiger partial charge in [-0.2, -0.15) is 0 Å². The number of hydrogen-bond acceptors (Lipinski definition) is 4. The zero-order chi connectivity index (χ0) is 15.3. The van der Waals surface area contributed by atoms with E-state index in [1.807, 2.05) is 20.8 Å². The van der Waals surface area contributed by atoms with Crippen LogP contribution in [0.15, 0.2) is 0 Å².